The number of carbonyl (C=O) groups is 2. The Morgan fingerprint density at radius 3 is 0.976 bits per heavy atom. The molecule has 0 N–H and O–H groups in total. The van der Waals surface area contributed by atoms with Crippen LogP contribution in [0.2, 0.25) is 0 Å². The van der Waals surface area contributed by atoms with Crippen LogP contribution >= 0.6 is 7.82 Å². The Bertz CT molecular complexity index is 1750. The summed E-state index contributed by atoms with van der Waals surface area (Å²) in [4.78, 5) is 38.0. The minimum atomic E-state index is -4.65. The van der Waals surface area contributed by atoms with Gasteiger partial charge in [-0.2, -0.15) is 0 Å². The highest BCUT2D eigenvalue weighted by Crippen LogP contribution is 2.38. The Balaban J connectivity index is 4.03. The van der Waals surface area contributed by atoms with E-state index in [1.54, 1.807) is 0 Å². The Morgan fingerprint density at radius 2 is 0.659 bits per heavy atom. The third kappa shape index (κ3) is 65.8. The maximum atomic E-state index is 12.8. The third-order valence-electron chi connectivity index (χ3n) is 14.3. The van der Waals surface area contributed by atoms with Gasteiger partial charge < -0.3 is 27.9 Å². The van der Waals surface area contributed by atoms with Crippen LogP contribution in [-0.4, -0.2) is 70.0 Å². The van der Waals surface area contributed by atoms with Gasteiger partial charge in [-0.1, -0.05) is 284 Å². The van der Waals surface area contributed by atoms with Gasteiger partial charge in [-0.25, -0.2) is 0 Å². The molecule has 0 aliphatic carbocycles. The summed E-state index contributed by atoms with van der Waals surface area (Å²) >= 11 is 0. The van der Waals surface area contributed by atoms with Crippen molar-refractivity contribution in [2.24, 2.45) is 0 Å². The monoisotopic (exact) mass is 1160 g/mol. The zero-order valence-corrected chi connectivity index (χ0v) is 54.6. The van der Waals surface area contributed by atoms with Crippen molar-refractivity contribution in [3.8, 4) is 0 Å². The minimum absolute atomic E-state index is 0.0366. The number of phosphoric acid groups is 1. The Morgan fingerprint density at radius 1 is 0.378 bits per heavy atom. The van der Waals surface area contributed by atoms with E-state index >= 15 is 0 Å². The molecule has 0 heterocycles. The van der Waals surface area contributed by atoms with E-state index in [-0.39, 0.29) is 32.0 Å². The lowest BCUT2D eigenvalue weighted by atomic mass is 10.0. The molecule has 82 heavy (non-hydrogen) atoms. The molecule has 0 amide bonds. The molecule has 2 atom stereocenters. The fraction of sp³-hybridized carbons (Fsp3) is 0.722. The molecule has 10 heteroatoms. The second-order valence-corrected chi connectivity index (χ2v) is 24.8. The molecule has 0 aliphatic rings. The number of esters is 2. The molecule has 0 aromatic rings. The van der Waals surface area contributed by atoms with Crippen LogP contribution in [0.25, 0.3) is 0 Å². The number of nitrogens with zero attached hydrogens (tertiary/aromatic N) is 1. The molecular weight excluding hydrogens is 1040 g/mol. The van der Waals surface area contributed by atoms with E-state index in [1.165, 1.54) is 148 Å². The average Bonchev–Trinajstić information content (AvgIpc) is 3.46. The van der Waals surface area contributed by atoms with Gasteiger partial charge >= 0.3 is 11.9 Å². The van der Waals surface area contributed by atoms with Gasteiger partial charge in [-0.15, -0.1) is 0 Å². The lowest BCUT2D eigenvalue weighted by Crippen LogP contribution is -2.37. The Hall–Kier alpha value is -3.33. The zero-order valence-electron chi connectivity index (χ0n) is 53.7. The fourth-order valence-electron chi connectivity index (χ4n) is 9.21. The first kappa shape index (κ1) is 78.7. The van der Waals surface area contributed by atoms with Gasteiger partial charge in [0.25, 0.3) is 7.82 Å². The average molecular weight is 1160 g/mol. The van der Waals surface area contributed by atoms with Gasteiger partial charge in [0, 0.05) is 12.8 Å². The number of unbranched alkanes of at least 4 members (excludes halogenated alkanes) is 29. The largest absolute Gasteiger partial charge is 0.756 e. The molecular formula is C72H126NO8P. The molecule has 2 unspecified atom stereocenters. The number of rotatable bonds is 61. The Kier molecular flexibility index (Phi) is 59.7. The van der Waals surface area contributed by atoms with E-state index in [2.05, 4.69) is 123 Å². The highest BCUT2D eigenvalue weighted by molar-refractivity contribution is 7.45. The van der Waals surface area contributed by atoms with Crippen molar-refractivity contribution in [1.29, 1.82) is 0 Å². The van der Waals surface area contributed by atoms with Crippen LogP contribution in [0.3, 0.4) is 0 Å². The lowest BCUT2D eigenvalue weighted by molar-refractivity contribution is -0.870. The molecule has 0 rings (SSSR count). The van der Waals surface area contributed by atoms with Crippen LogP contribution in [0.1, 0.15) is 284 Å². The molecule has 0 aliphatic heterocycles. The summed E-state index contributed by atoms with van der Waals surface area (Å²) < 4.78 is 34.3. The molecule has 0 spiro atoms. The number of hydrogen-bond donors (Lipinski definition) is 0. The predicted octanol–water partition coefficient (Wildman–Crippen LogP) is 21.1. The van der Waals surface area contributed by atoms with E-state index in [1.807, 2.05) is 21.1 Å². The minimum Gasteiger partial charge on any atom is -0.756 e. The molecule has 0 saturated carbocycles. The van der Waals surface area contributed by atoms with Crippen molar-refractivity contribution in [1.82, 2.24) is 0 Å². The quantitative estimate of drug-likeness (QED) is 0.0195. The van der Waals surface area contributed by atoms with Crippen molar-refractivity contribution < 1.29 is 42.1 Å². The molecule has 0 fully saturated rings. The van der Waals surface area contributed by atoms with Crippen LogP contribution < -0.4 is 4.89 Å². The number of likely N-dealkylation sites (N-methyl/N-ethyl adjacent to an activating group) is 1. The fourth-order valence-corrected chi connectivity index (χ4v) is 9.93. The molecule has 0 saturated heterocycles. The maximum Gasteiger partial charge on any atom is 0.306 e. The number of ether oxygens (including phenoxy) is 2. The smallest absolute Gasteiger partial charge is 0.306 e. The number of hydrogen-bond acceptors (Lipinski definition) is 8. The highest BCUT2D eigenvalue weighted by Gasteiger charge is 2.22. The Labute approximate surface area is 506 Å². The van der Waals surface area contributed by atoms with Crippen molar-refractivity contribution in [3.63, 3.8) is 0 Å². The molecule has 0 bridgehead atoms. The van der Waals surface area contributed by atoms with E-state index in [0.717, 1.165) is 103 Å². The zero-order chi connectivity index (χ0) is 59.8. The van der Waals surface area contributed by atoms with E-state index in [0.29, 0.717) is 17.4 Å². The molecule has 9 nitrogen and oxygen atoms in total. The first-order valence-electron chi connectivity index (χ1n) is 33.6. The predicted molar refractivity (Wildman–Crippen MR) is 351 cm³/mol. The van der Waals surface area contributed by atoms with Crippen LogP contribution in [0.5, 0.6) is 0 Å². The lowest BCUT2D eigenvalue weighted by Gasteiger charge is -2.28. The SMILES string of the molecule is CC/C=C\C/C=C\C/C=C\C/C=C\C/C=C\CCCCCCCCCC(=O)OC(COC(=O)CCCCCCCCCCCCCCCCCCCCCCCC/C=C\C/C=C\C/C=C\C/C=C\CC)COP(=O)([O-])OCC[N+](C)(C)C. The molecule has 472 valence electrons. The summed E-state index contributed by atoms with van der Waals surface area (Å²) in [5, 5.41) is 0. The summed E-state index contributed by atoms with van der Waals surface area (Å²) in [5.74, 6) is -0.841. The topological polar surface area (TPSA) is 111 Å². The summed E-state index contributed by atoms with van der Waals surface area (Å²) in [6.07, 6.45) is 87.4. The molecule has 0 aromatic heterocycles. The van der Waals surface area contributed by atoms with Crippen molar-refractivity contribution >= 4 is 19.8 Å². The standard InChI is InChI=1S/C72H126NO8P/c1-6-8-10-12-14-16-18-20-22-24-26-28-30-31-32-33-34-35-36-37-38-39-40-41-43-44-46-48-50-52-54-56-58-60-62-64-71(74)78-68-70(69-80-82(76,77)79-67-66-73(3,4)5)81-72(75)65-63-61-59-57-55-53-51-49-47-45-42-29-27-25-23-21-19-17-15-13-11-9-7-2/h8-11,14-17,20-23,26-29,45,47,70H,6-7,12-13,18-19,24-25,30-44,46,48-69H2,1-5H3/b10-8-,11-9-,16-14-,17-15-,22-20-,23-21-,28-26-,29-27-,47-45-. The van der Waals surface area contributed by atoms with Gasteiger partial charge in [0.1, 0.15) is 19.8 Å². The first-order valence-corrected chi connectivity index (χ1v) is 35.1. The van der Waals surface area contributed by atoms with E-state index in [4.69, 9.17) is 18.5 Å². The normalized spacial score (nSPS) is 13.9. The molecule has 0 radical (unpaired) electrons. The van der Waals surface area contributed by atoms with Crippen LogP contribution in [0, 0.1) is 0 Å². The van der Waals surface area contributed by atoms with Crippen LogP contribution in [0.4, 0.5) is 0 Å². The summed E-state index contributed by atoms with van der Waals surface area (Å²) in [6.45, 7) is 4.02. The van der Waals surface area contributed by atoms with Gasteiger partial charge in [-0.05, 0) is 96.3 Å². The summed E-state index contributed by atoms with van der Waals surface area (Å²) in [6, 6.07) is 0. The molecule has 0 aromatic carbocycles. The summed E-state index contributed by atoms with van der Waals surface area (Å²) in [7, 11) is 1.15. The number of allylic oxidation sites excluding steroid dienone is 18. The number of quaternary nitrogens is 1. The van der Waals surface area contributed by atoms with Crippen LogP contribution in [0.15, 0.2) is 109 Å². The third-order valence-corrected chi connectivity index (χ3v) is 15.3. The van der Waals surface area contributed by atoms with E-state index < -0.39 is 26.5 Å². The van der Waals surface area contributed by atoms with Gasteiger partial charge in [0.05, 0.1) is 27.7 Å². The number of carbonyl (C=O) groups excluding carboxylic acids is 2. The van der Waals surface area contributed by atoms with Crippen molar-refractivity contribution in [2.75, 3.05) is 47.5 Å². The van der Waals surface area contributed by atoms with Crippen LogP contribution in [-0.2, 0) is 32.7 Å². The van der Waals surface area contributed by atoms with Crippen molar-refractivity contribution in [2.45, 2.75) is 290 Å². The first-order chi connectivity index (χ1) is 40.0. The second-order valence-electron chi connectivity index (χ2n) is 23.4. The van der Waals surface area contributed by atoms with Crippen molar-refractivity contribution in [3.05, 3.63) is 109 Å². The summed E-state index contributed by atoms with van der Waals surface area (Å²) in [5.41, 5.74) is 0. The maximum absolute atomic E-state index is 12.8. The number of phosphoric ester groups is 1. The van der Waals surface area contributed by atoms with Gasteiger partial charge in [0.15, 0.2) is 6.10 Å². The highest BCUT2D eigenvalue weighted by atomic mass is 31.2. The second kappa shape index (κ2) is 62.2. The van der Waals surface area contributed by atoms with E-state index in [9.17, 15) is 19.0 Å². The van der Waals surface area contributed by atoms with Gasteiger partial charge in [-0.3, -0.25) is 14.2 Å². The van der Waals surface area contributed by atoms with Gasteiger partial charge in [0.2, 0.25) is 0 Å².